The van der Waals surface area contributed by atoms with Crippen molar-refractivity contribution in [2.75, 3.05) is 39.8 Å². The van der Waals surface area contributed by atoms with Crippen molar-refractivity contribution in [3.8, 4) is 11.4 Å². The molecule has 4 heterocycles. The first-order valence-electron chi connectivity index (χ1n) is 20.7. The number of benzene rings is 1. The fraction of sp³-hybridized carbons (Fsp3) is 0.524. The van der Waals surface area contributed by atoms with Gasteiger partial charge in [-0.3, -0.25) is 28.8 Å². The summed E-state index contributed by atoms with van der Waals surface area (Å²) in [4.78, 5) is 94.9. The van der Waals surface area contributed by atoms with E-state index in [2.05, 4.69) is 26.6 Å². The Morgan fingerprint density at radius 2 is 1.62 bits per heavy atom. The first-order valence-corrected chi connectivity index (χ1v) is 21.1. The summed E-state index contributed by atoms with van der Waals surface area (Å²) in [6.07, 6.45) is 0.577. The van der Waals surface area contributed by atoms with E-state index >= 15 is 4.39 Å². The molecule has 0 saturated heterocycles. The molecule has 5 amide bonds. The van der Waals surface area contributed by atoms with Crippen LogP contribution in [0.25, 0.3) is 22.3 Å². The van der Waals surface area contributed by atoms with Gasteiger partial charge >= 0.3 is 5.97 Å². The second kappa shape index (κ2) is 19.9. The van der Waals surface area contributed by atoms with Gasteiger partial charge in [0, 0.05) is 35.6 Å². The van der Waals surface area contributed by atoms with Crippen LogP contribution in [0.3, 0.4) is 0 Å². The molecule has 0 spiro atoms. The van der Waals surface area contributed by atoms with Crippen LogP contribution in [0.5, 0.6) is 0 Å². The monoisotopic (exact) mass is 899 g/mol. The number of carbonyl (C=O) groups excluding carboxylic acids is 6. The number of cyclic esters (lactones) is 1. The third kappa shape index (κ3) is 9.84. The number of nitrogens with one attached hydrogen (secondary N) is 5. The number of aliphatic hydroxyl groups is 1. The van der Waals surface area contributed by atoms with Crippen molar-refractivity contribution in [2.45, 2.75) is 103 Å². The summed E-state index contributed by atoms with van der Waals surface area (Å²) in [6.45, 7) is 8.03. The number of halogens is 2. The molecule has 5 atom stereocenters. The van der Waals surface area contributed by atoms with Crippen LogP contribution in [-0.4, -0.2) is 108 Å². The minimum absolute atomic E-state index is 0.0284. The molecule has 6 rings (SSSR count). The van der Waals surface area contributed by atoms with Gasteiger partial charge in [-0.05, 0) is 64.2 Å². The van der Waals surface area contributed by atoms with Crippen molar-refractivity contribution in [3.05, 3.63) is 61.1 Å². The third-order valence-corrected chi connectivity index (χ3v) is 11.7. The number of fused-ring (bicyclic) bond motifs is 5. The van der Waals surface area contributed by atoms with Gasteiger partial charge in [0.2, 0.25) is 29.5 Å². The highest BCUT2D eigenvalue weighted by molar-refractivity contribution is 6.32. The second-order valence-electron chi connectivity index (χ2n) is 15.5. The number of hydrogen-bond acceptors (Lipinski definition) is 13. The molecule has 63 heavy (non-hydrogen) atoms. The fourth-order valence-electron chi connectivity index (χ4n) is 7.87. The quantitative estimate of drug-likeness (QED) is 0.0438. The highest BCUT2D eigenvalue weighted by Crippen LogP contribution is 2.46. The van der Waals surface area contributed by atoms with Crippen LogP contribution >= 0.6 is 11.6 Å². The van der Waals surface area contributed by atoms with E-state index in [-0.39, 0.29) is 54.3 Å². The lowest BCUT2D eigenvalue weighted by atomic mass is 9.83. The average Bonchev–Trinajstić information content (AvgIpc) is 3.62. The zero-order valence-corrected chi connectivity index (χ0v) is 36.3. The molecule has 0 fully saturated rings. The van der Waals surface area contributed by atoms with E-state index in [1.54, 1.807) is 13.0 Å². The maximum atomic E-state index is 15.1. The van der Waals surface area contributed by atoms with Crippen molar-refractivity contribution >= 4 is 58.0 Å². The van der Waals surface area contributed by atoms with Gasteiger partial charge < -0.3 is 55.2 Å². The Morgan fingerprint density at radius 3 is 2.32 bits per heavy atom. The number of pyridine rings is 2. The number of aryl methyl sites for hydroxylation is 1. The first-order chi connectivity index (χ1) is 30.0. The van der Waals surface area contributed by atoms with Gasteiger partial charge in [-0.25, -0.2) is 14.2 Å². The molecule has 3 aliphatic rings. The van der Waals surface area contributed by atoms with E-state index in [0.717, 1.165) is 0 Å². The van der Waals surface area contributed by atoms with Crippen molar-refractivity contribution in [2.24, 2.45) is 0 Å². The summed E-state index contributed by atoms with van der Waals surface area (Å²) in [5, 5.41) is 24.7. The van der Waals surface area contributed by atoms with Gasteiger partial charge in [0.1, 0.15) is 43.9 Å². The molecule has 0 radical (unpaired) electrons. The number of nitrogens with zero attached hydrogens (tertiary/aromatic N) is 2. The Labute approximate surface area is 366 Å². The number of ether oxygens (including phenoxy) is 4. The summed E-state index contributed by atoms with van der Waals surface area (Å²) in [5.74, 6) is -4.44. The van der Waals surface area contributed by atoms with Crippen LogP contribution in [0, 0.1) is 5.82 Å². The Morgan fingerprint density at radius 1 is 0.937 bits per heavy atom. The summed E-state index contributed by atoms with van der Waals surface area (Å²) in [7, 11) is 0. The smallest absolute Gasteiger partial charge is 0.343 e. The molecule has 1 aromatic carbocycles. The Kier molecular flexibility index (Phi) is 14.8. The van der Waals surface area contributed by atoms with Gasteiger partial charge in [0.15, 0.2) is 5.60 Å². The molecule has 2 aliphatic heterocycles. The molecule has 0 saturated carbocycles. The lowest BCUT2D eigenvalue weighted by Crippen LogP contribution is -2.54. The highest BCUT2D eigenvalue weighted by atomic mass is 35.5. The number of hydrogen-bond donors (Lipinski definition) is 6. The predicted octanol–water partition coefficient (Wildman–Crippen LogP) is 1.02. The highest BCUT2D eigenvalue weighted by Gasteiger charge is 2.46. The zero-order chi connectivity index (χ0) is 45.7. The Hall–Kier alpha value is -5.54. The molecule has 19 nitrogen and oxygen atoms in total. The molecule has 6 N–H and O–H groups in total. The van der Waals surface area contributed by atoms with Crippen molar-refractivity contribution in [3.63, 3.8) is 0 Å². The Balaban J connectivity index is 1.03. The number of esters is 1. The molecular formula is C42H51ClFN7O12. The molecule has 0 unspecified atom stereocenters. The molecule has 21 heteroatoms. The maximum absolute atomic E-state index is 15.1. The van der Waals surface area contributed by atoms with Gasteiger partial charge in [0.25, 0.3) is 5.56 Å². The number of aromatic nitrogens is 2. The van der Waals surface area contributed by atoms with Crippen LogP contribution in [-0.2, 0) is 72.9 Å². The molecule has 3 aromatic rings. The standard InChI is InChI=1S/C42H51ClFN7O12/c1-6-42(59)26-14-30-36-24(16-51(30)40(57)25(26)17-63-41(42)58)34-28(9-8-23-33(34)29(50-36)15-27(44)35(23)43)49-32(53)18-62-19-45-37(54)20(3)47-39(56)22(5)48-38(55)21(4)46-31(52)10-11-61-13-12-60-7-2/h14-15,20-22,28,59H,6-13,16-19H2,1-5H3,(H,45,54)(H,46,52)(H,47,56)(H,48,55)(H,49,53)/t20-,21-,22-,28-,42-/m0/s1. The van der Waals surface area contributed by atoms with Crippen molar-refractivity contribution < 1.29 is 57.2 Å². The molecule has 1 aliphatic carbocycles. The van der Waals surface area contributed by atoms with Gasteiger partial charge in [-0.15, -0.1) is 0 Å². The summed E-state index contributed by atoms with van der Waals surface area (Å²) in [6, 6.07) is -0.985. The summed E-state index contributed by atoms with van der Waals surface area (Å²) in [5.41, 5.74) is 0.264. The maximum Gasteiger partial charge on any atom is 0.343 e. The van der Waals surface area contributed by atoms with E-state index in [0.29, 0.717) is 66.1 Å². The Bertz CT molecular complexity index is 2400. The third-order valence-electron chi connectivity index (χ3n) is 11.3. The van der Waals surface area contributed by atoms with E-state index in [9.17, 15) is 38.7 Å². The molecule has 340 valence electrons. The van der Waals surface area contributed by atoms with Gasteiger partial charge in [-0.1, -0.05) is 18.5 Å². The number of carbonyl (C=O) groups is 6. The predicted molar refractivity (Wildman–Crippen MR) is 222 cm³/mol. The SMILES string of the molecule is CCOCCOCCC(=O)N[C@@H](C)C(=O)N[C@@H](C)C(=O)N[C@@H](C)C(=O)NCOCC(=O)N[C@H]1CCc2c(Cl)c(F)cc3nc4c(c1c23)Cn1c-4cc2c(c1=O)COC(=O)[C@]2(O)CC. The van der Waals surface area contributed by atoms with Crippen LogP contribution < -0.4 is 32.1 Å². The largest absolute Gasteiger partial charge is 0.458 e. The summed E-state index contributed by atoms with van der Waals surface area (Å²) < 4.78 is 37.7. The average molecular weight is 900 g/mol. The van der Waals surface area contributed by atoms with Crippen LogP contribution in [0.4, 0.5) is 4.39 Å². The lowest BCUT2D eigenvalue weighted by molar-refractivity contribution is -0.172. The molecule has 0 bridgehead atoms. The second-order valence-corrected chi connectivity index (χ2v) is 15.9. The number of rotatable bonds is 19. The molecule has 2 aromatic heterocycles. The fourth-order valence-corrected chi connectivity index (χ4v) is 8.11. The van der Waals surface area contributed by atoms with Crippen LogP contribution in [0.2, 0.25) is 5.02 Å². The van der Waals surface area contributed by atoms with Gasteiger partial charge in [-0.2, -0.15) is 0 Å². The number of amides is 5. The molecular weight excluding hydrogens is 849 g/mol. The summed E-state index contributed by atoms with van der Waals surface area (Å²) >= 11 is 6.46. The van der Waals surface area contributed by atoms with E-state index in [1.807, 2.05) is 6.92 Å². The van der Waals surface area contributed by atoms with Crippen LogP contribution in [0.1, 0.15) is 87.7 Å². The van der Waals surface area contributed by atoms with Crippen molar-refractivity contribution in [1.29, 1.82) is 0 Å². The van der Waals surface area contributed by atoms with E-state index < -0.39 is 90.0 Å². The van der Waals surface area contributed by atoms with E-state index in [1.165, 1.54) is 31.4 Å². The first kappa shape index (κ1) is 47.0. The van der Waals surface area contributed by atoms with E-state index in [4.69, 9.17) is 35.5 Å². The normalized spacial score (nSPS) is 18.5. The minimum Gasteiger partial charge on any atom is -0.458 e. The minimum atomic E-state index is -2.05. The van der Waals surface area contributed by atoms with Gasteiger partial charge in [0.05, 0.1) is 59.9 Å². The zero-order valence-electron chi connectivity index (χ0n) is 35.5. The lowest BCUT2D eigenvalue weighted by Gasteiger charge is -2.31. The van der Waals surface area contributed by atoms with Crippen molar-refractivity contribution in [1.82, 2.24) is 36.1 Å². The topological polar surface area (TPSA) is 255 Å². The van der Waals surface area contributed by atoms with Crippen LogP contribution in [0.15, 0.2) is 16.9 Å².